The number of hydrogen-bond acceptors (Lipinski definition) is 4. The molecule has 1 aliphatic rings. The van der Waals surface area contributed by atoms with Crippen LogP contribution in [0.5, 0.6) is 11.5 Å². The van der Waals surface area contributed by atoms with E-state index in [1.807, 2.05) is 61.5 Å². The number of allylic oxidation sites excluding steroid dienone is 1. The summed E-state index contributed by atoms with van der Waals surface area (Å²) in [5.41, 5.74) is 10.7. The number of rotatable bonds is 8. The number of nitrogens with one attached hydrogen (secondary N) is 2. The zero-order valence-corrected chi connectivity index (χ0v) is 16.9. The van der Waals surface area contributed by atoms with E-state index in [1.54, 1.807) is 12.1 Å². The van der Waals surface area contributed by atoms with Crippen molar-refractivity contribution in [2.75, 3.05) is 6.61 Å². The molecule has 0 atom stereocenters. The van der Waals surface area contributed by atoms with Gasteiger partial charge in [0.05, 0.1) is 12.3 Å². The molecular formula is C25H24N2O3. The van der Waals surface area contributed by atoms with Crippen LogP contribution in [0.1, 0.15) is 34.0 Å². The molecule has 0 aliphatic heterocycles. The summed E-state index contributed by atoms with van der Waals surface area (Å²) in [4.78, 5) is 12.4. The third-order valence-corrected chi connectivity index (χ3v) is 4.90. The second-order valence-electron chi connectivity index (χ2n) is 6.95. The van der Waals surface area contributed by atoms with Gasteiger partial charge in [0.15, 0.2) is 0 Å². The van der Waals surface area contributed by atoms with E-state index in [1.165, 1.54) is 5.56 Å². The summed E-state index contributed by atoms with van der Waals surface area (Å²) in [6.07, 6.45) is 2.95. The molecule has 0 radical (unpaired) electrons. The molecule has 2 N–H and O–H groups in total. The molecule has 1 amide bonds. The standard InChI is InChI=1S/C25H24N2O3/c1-2-29-21-12-14-22(15-13-21)30-17-18-7-9-20(10-8-18)25(28)27-26-24-16-11-19-5-3-4-6-23(19)24/h3-10,12-16,26H,2,11,17H2,1H3,(H,27,28). The average Bonchev–Trinajstić information content (AvgIpc) is 3.21. The lowest BCUT2D eigenvalue weighted by atomic mass is 10.1. The summed E-state index contributed by atoms with van der Waals surface area (Å²) in [5.74, 6) is 1.42. The molecule has 5 heteroatoms. The van der Waals surface area contributed by atoms with Crippen molar-refractivity contribution in [3.8, 4) is 11.5 Å². The molecule has 0 spiro atoms. The zero-order chi connectivity index (χ0) is 20.8. The Balaban J connectivity index is 1.28. The molecule has 5 nitrogen and oxygen atoms in total. The van der Waals surface area contributed by atoms with Crippen LogP contribution in [-0.2, 0) is 13.0 Å². The number of hydrogen-bond donors (Lipinski definition) is 2. The molecule has 4 rings (SSSR count). The van der Waals surface area contributed by atoms with Gasteiger partial charge in [0.2, 0.25) is 0 Å². The smallest absolute Gasteiger partial charge is 0.269 e. The third-order valence-electron chi connectivity index (χ3n) is 4.90. The molecule has 3 aromatic carbocycles. The predicted octanol–water partition coefficient (Wildman–Crippen LogP) is 4.50. The van der Waals surface area contributed by atoms with Gasteiger partial charge in [-0.1, -0.05) is 42.5 Å². The van der Waals surface area contributed by atoms with Crippen molar-refractivity contribution in [3.05, 3.63) is 101 Å². The van der Waals surface area contributed by atoms with Crippen molar-refractivity contribution < 1.29 is 14.3 Å². The van der Waals surface area contributed by atoms with Crippen molar-refractivity contribution in [2.24, 2.45) is 0 Å². The highest BCUT2D eigenvalue weighted by atomic mass is 16.5. The molecule has 0 saturated carbocycles. The first-order chi connectivity index (χ1) is 14.7. The number of fused-ring (bicyclic) bond motifs is 1. The molecule has 3 aromatic rings. The molecule has 30 heavy (non-hydrogen) atoms. The van der Waals surface area contributed by atoms with Gasteiger partial charge in [-0.3, -0.25) is 15.6 Å². The Hall–Kier alpha value is -3.73. The van der Waals surface area contributed by atoms with E-state index in [0.717, 1.165) is 34.7 Å². The van der Waals surface area contributed by atoms with Gasteiger partial charge in [0.25, 0.3) is 5.91 Å². The molecular weight excluding hydrogens is 376 g/mol. The maximum atomic E-state index is 12.4. The Morgan fingerprint density at radius 1 is 0.900 bits per heavy atom. The Kier molecular flexibility index (Phi) is 5.99. The van der Waals surface area contributed by atoms with Crippen molar-refractivity contribution in [1.29, 1.82) is 0 Å². The molecule has 1 aliphatic carbocycles. The van der Waals surface area contributed by atoms with Crippen LogP contribution in [-0.4, -0.2) is 12.5 Å². The van der Waals surface area contributed by atoms with E-state index >= 15 is 0 Å². The summed E-state index contributed by atoms with van der Waals surface area (Å²) in [5, 5.41) is 0. The van der Waals surface area contributed by atoms with Crippen LogP contribution < -0.4 is 20.3 Å². The van der Waals surface area contributed by atoms with Gasteiger partial charge in [-0.25, -0.2) is 0 Å². The number of hydrazine groups is 1. The van der Waals surface area contributed by atoms with Crippen LogP contribution in [0.2, 0.25) is 0 Å². The topological polar surface area (TPSA) is 59.6 Å². The van der Waals surface area contributed by atoms with Gasteiger partial charge in [-0.15, -0.1) is 0 Å². The lowest BCUT2D eigenvalue weighted by Gasteiger charge is -2.11. The largest absolute Gasteiger partial charge is 0.494 e. The second kappa shape index (κ2) is 9.18. The Morgan fingerprint density at radius 3 is 2.33 bits per heavy atom. The van der Waals surface area contributed by atoms with E-state index in [0.29, 0.717) is 18.8 Å². The maximum Gasteiger partial charge on any atom is 0.269 e. The Bertz CT molecular complexity index is 1040. The normalized spacial score (nSPS) is 12.0. The van der Waals surface area contributed by atoms with E-state index < -0.39 is 0 Å². The first-order valence-corrected chi connectivity index (χ1v) is 10.0. The Morgan fingerprint density at radius 2 is 1.60 bits per heavy atom. The molecule has 0 heterocycles. The second-order valence-corrected chi connectivity index (χ2v) is 6.95. The minimum Gasteiger partial charge on any atom is -0.494 e. The summed E-state index contributed by atoms with van der Waals surface area (Å²) in [6.45, 7) is 3.02. The van der Waals surface area contributed by atoms with Crippen LogP contribution in [0.3, 0.4) is 0 Å². The predicted molar refractivity (Wildman–Crippen MR) is 117 cm³/mol. The van der Waals surface area contributed by atoms with Crippen molar-refractivity contribution >= 4 is 11.6 Å². The average molecular weight is 400 g/mol. The monoisotopic (exact) mass is 400 g/mol. The van der Waals surface area contributed by atoms with E-state index in [2.05, 4.69) is 23.0 Å². The summed E-state index contributed by atoms with van der Waals surface area (Å²) in [7, 11) is 0. The van der Waals surface area contributed by atoms with Crippen LogP contribution in [0.15, 0.2) is 78.9 Å². The molecule has 0 aromatic heterocycles. The number of carbonyl (C=O) groups excluding carboxylic acids is 1. The zero-order valence-electron chi connectivity index (χ0n) is 16.9. The molecule has 0 bridgehead atoms. The van der Waals surface area contributed by atoms with Crippen LogP contribution in [0.25, 0.3) is 5.70 Å². The number of amides is 1. The fourth-order valence-electron chi connectivity index (χ4n) is 3.32. The van der Waals surface area contributed by atoms with Gasteiger partial charge >= 0.3 is 0 Å². The van der Waals surface area contributed by atoms with Crippen molar-refractivity contribution in [1.82, 2.24) is 10.9 Å². The molecule has 0 unspecified atom stereocenters. The van der Waals surface area contributed by atoms with Gasteiger partial charge in [-0.2, -0.15) is 0 Å². The summed E-state index contributed by atoms with van der Waals surface area (Å²) in [6, 6.07) is 23.1. The highest BCUT2D eigenvalue weighted by molar-refractivity contribution is 5.94. The van der Waals surface area contributed by atoms with Crippen LogP contribution >= 0.6 is 0 Å². The van der Waals surface area contributed by atoms with Crippen LogP contribution in [0.4, 0.5) is 0 Å². The minimum atomic E-state index is -0.181. The number of ether oxygens (including phenoxy) is 2. The fourth-order valence-corrected chi connectivity index (χ4v) is 3.32. The van der Waals surface area contributed by atoms with Crippen LogP contribution in [0, 0.1) is 0 Å². The first-order valence-electron chi connectivity index (χ1n) is 10.0. The maximum absolute atomic E-state index is 12.4. The van der Waals surface area contributed by atoms with Crippen molar-refractivity contribution in [2.45, 2.75) is 20.0 Å². The quantitative estimate of drug-likeness (QED) is 0.547. The lowest BCUT2D eigenvalue weighted by Crippen LogP contribution is -2.35. The molecule has 0 saturated heterocycles. The van der Waals surface area contributed by atoms with Crippen molar-refractivity contribution in [3.63, 3.8) is 0 Å². The highest BCUT2D eigenvalue weighted by Gasteiger charge is 2.14. The Labute approximate surface area is 176 Å². The summed E-state index contributed by atoms with van der Waals surface area (Å²) >= 11 is 0. The van der Waals surface area contributed by atoms with Gasteiger partial charge in [0.1, 0.15) is 18.1 Å². The van der Waals surface area contributed by atoms with Gasteiger partial charge in [-0.05, 0) is 60.9 Å². The third kappa shape index (κ3) is 4.63. The lowest BCUT2D eigenvalue weighted by molar-refractivity contribution is 0.0942. The molecule has 0 fully saturated rings. The first kappa shape index (κ1) is 19.6. The number of carbonyl (C=O) groups is 1. The highest BCUT2D eigenvalue weighted by Crippen LogP contribution is 2.24. The SMILES string of the molecule is CCOc1ccc(OCc2ccc(C(=O)NNC3=CCc4ccccc43)cc2)cc1. The van der Waals surface area contributed by atoms with Gasteiger partial charge < -0.3 is 9.47 Å². The van der Waals surface area contributed by atoms with E-state index in [4.69, 9.17) is 9.47 Å². The molecule has 152 valence electrons. The van der Waals surface area contributed by atoms with E-state index in [9.17, 15) is 4.79 Å². The number of benzene rings is 3. The van der Waals surface area contributed by atoms with E-state index in [-0.39, 0.29) is 5.91 Å². The summed E-state index contributed by atoms with van der Waals surface area (Å²) < 4.78 is 11.2. The van der Waals surface area contributed by atoms with Gasteiger partial charge in [0, 0.05) is 11.1 Å². The fraction of sp³-hybridized carbons (Fsp3) is 0.160. The minimum absolute atomic E-state index is 0.181.